The molecule has 5 aromatic carbocycles. The van der Waals surface area contributed by atoms with Crippen molar-refractivity contribution < 1.29 is 10.2 Å². The van der Waals surface area contributed by atoms with Crippen LogP contribution < -0.4 is 0 Å². The number of aromatic nitrogens is 6. The first-order chi connectivity index (χ1) is 26.1. The highest BCUT2D eigenvalue weighted by molar-refractivity contribution is 6.31. The second kappa shape index (κ2) is 13.9. The molecule has 2 N–H and O–H groups in total. The maximum atomic E-state index is 11.7. The molecule has 0 spiro atoms. The number of hydrogen-bond acceptors (Lipinski definition) is 6. The maximum absolute atomic E-state index is 11.7. The summed E-state index contributed by atoms with van der Waals surface area (Å²) in [5.74, 6) is 0.119. The smallest absolute Gasteiger partial charge is 0.143 e. The fourth-order valence-electron chi connectivity index (χ4n) is 8.90. The van der Waals surface area contributed by atoms with E-state index < -0.39 is 0 Å². The molecule has 0 aliphatic rings. The van der Waals surface area contributed by atoms with Gasteiger partial charge in [0.1, 0.15) is 44.9 Å². The number of benzene rings is 5. The summed E-state index contributed by atoms with van der Waals surface area (Å²) in [6.07, 6.45) is 1.77. The first-order valence-corrected chi connectivity index (χ1v) is 19.8. The average Bonchev–Trinajstić information content (AvgIpc) is 3.69. The Morgan fingerprint density at radius 1 is 0.464 bits per heavy atom. The molecule has 2 heterocycles. The monoisotopic (exact) mass is 788 g/mol. The van der Waals surface area contributed by atoms with Crippen LogP contribution in [0.2, 0.25) is 10.0 Å². The minimum Gasteiger partial charge on any atom is -0.506 e. The fraction of sp³-hybridized carbons (Fsp3) is 0.348. The van der Waals surface area contributed by atoms with Crippen LogP contribution in [-0.2, 0) is 10.8 Å². The van der Waals surface area contributed by atoms with Gasteiger partial charge in [0.25, 0.3) is 0 Å². The van der Waals surface area contributed by atoms with E-state index >= 15 is 0 Å². The Balaban J connectivity index is 1.48. The molecule has 0 atom stereocenters. The molecule has 0 aliphatic heterocycles. The van der Waals surface area contributed by atoms with Crippen molar-refractivity contribution in [2.45, 2.75) is 92.9 Å². The van der Waals surface area contributed by atoms with Crippen molar-refractivity contribution in [1.29, 1.82) is 0 Å². The molecule has 0 bridgehead atoms. The minimum atomic E-state index is -0.302. The average molecular weight is 790 g/mol. The lowest BCUT2D eigenvalue weighted by Crippen LogP contribution is -2.26. The quantitative estimate of drug-likeness (QED) is 0.159. The summed E-state index contributed by atoms with van der Waals surface area (Å²) in [7, 11) is 0. The van der Waals surface area contributed by atoms with Crippen LogP contribution in [0.1, 0.15) is 93.2 Å². The molecule has 56 heavy (non-hydrogen) atoms. The Hall–Kier alpha value is -4.92. The molecule has 0 amide bonds. The van der Waals surface area contributed by atoms with Gasteiger partial charge in [-0.05, 0) is 105 Å². The lowest BCUT2D eigenvalue weighted by Gasteiger charge is -2.35. The number of hydrogen-bond donors (Lipinski definition) is 2. The van der Waals surface area contributed by atoms with Gasteiger partial charge in [-0.25, -0.2) is 0 Å². The summed E-state index contributed by atoms with van der Waals surface area (Å²) in [6, 6.07) is 26.6. The molecule has 0 fully saturated rings. The molecule has 10 heteroatoms. The van der Waals surface area contributed by atoms with Gasteiger partial charge in [-0.3, -0.25) is 0 Å². The number of aromatic hydroxyl groups is 2. The summed E-state index contributed by atoms with van der Waals surface area (Å²) in [6.45, 7) is 22.4. The van der Waals surface area contributed by atoms with E-state index in [9.17, 15) is 10.2 Å². The van der Waals surface area contributed by atoms with Crippen molar-refractivity contribution in [2.24, 2.45) is 10.8 Å². The van der Waals surface area contributed by atoms with Gasteiger partial charge >= 0.3 is 0 Å². The zero-order valence-corrected chi connectivity index (χ0v) is 35.3. The van der Waals surface area contributed by atoms with E-state index in [1.807, 2.05) is 24.3 Å². The molecule has 0 saturated carbocycles. The minimum absolute atomic E-state index is 0.0245. The standard InChI is InChI=1S/C46H50Cl2N6O2/c1-43(2,3)25-45(7,8)31-17-21-37(55)41(53-49-33-19-15-29(47)23-35(33)51-53)39(31)27-11-13-28(14-12-27)40-32(46(9,10)26-44(4,5)6)18-22-38(56)42(40)54-50-34-20-16-30(48)24-36(34)52-54/h11-24,55-56H,25-26H2,1-10H3. The van der Waals surface area contributed by atoms with Gasteiger partial charge in [0.05, 0.1) is 0 Å². The van der Waals surface area contributed by atoms with E-state index in [4.69, 9.17) is 43.6 Å². The number of fused-ring (bicyclic) bond motifs is 2. The number of phenolic OH excluding ortho intramolecular Hbond substituents is 2. The van der Waals surface area contributed by atoms with E-state index in [-0.39, 0.29) is 33.2 Å². The van der Waals surface area contributed by atoms with Crippen LogP contribution in [0.25, 0.3) is 55.7 Å². The first-order valence-electron chi connectivity index (χ1n) is 19.0. The Bertz CT molecular complexity index is 2430. The van der Waals surface area contributed by atoms with Gasteiger partial charge in [0.2, 0.25) is 0 Å². The molecule has 7 rings (SSSR count). The SMILES string of the molecule is CC(C)(C)CC(C)(C)c1ccc(O)c(-n2nc3ccc(Cl)cc3n2)c1-c1ccc(-c2c(C(C)(C)CC(C)(C)C)ccc(O)c2-n2nc3ccc(Cl)cc3n2)cc1. The summed E-state index contributed by atoms with van der Waals surface area (Å²) in [5.41, 5.74) is 8.54. The maximum Gasteiger partial charge on any atom is 0.143 e. The molecular weight excluding hydrogens is 739 g/mol. The van der Waals surface area contributed by atoms with Gasteiger partial charge in [-0.2, -0.15) is 0 Å². The zero-order valence-electron chi connectivity index (χ0n) is 33.8. The van der Waals surface area contributed by atoms with Gasteiger partial charge in [0.15, 0.2) is 0 Å². The van der Waals surface area contributed by atoms with E-state index in [1.165, 1.54) is 9.59 Å². The van der Waals surface area contributed by atoms with Crippen molar-refractivity contribution >= 4 is 45.3 Å². The molecule has 8 nitrogen and oxygen atoms in total. The van der Waals surface area contributed by atoms with Crippen LogP contribution in [0.5, 0.6) is 11.5 Å². The first kappa shape index (κ1) is 39.3. The highest BCUT2D eigenvalue weighted by atomic mass is 35.5. The lowest BCUT2D eigenvalue weighted by molar-refractivity contribution is 0.284. The largest absolute Gasteiger partial charge is 0.506 e. The molecule has 0 saturated heterocycles. The number of rotatable bonds is 8. The van der Waals surface area contributed by atoms with E-state index in [1.54, 1.807) is 36.4 Å². The summed E-state index contributed by atoms with van der Waals surface area (Å²) >= 11 is 12.7. The third-order valence-electron chi connectivity index (χ3n) is 10.3. The van der Waals surface area contributed by atoms with E-state index in [0.29, 0.717) is 43.5 Å². The van der Waals surface area contributed by atoms with Crippen molar-refractivity contribution in [3.8, 4) is 45.1 Å². The molecule has 7 aromatic rings. The lowest BCUT2D eigenvalue weighted by atomic mass is 9.69. The van der Waals surface area contributed by atoms with Gasteiger partial charge < -0.3 is 10.2 Å². The second-order valence-electron chi connectivity index (χ2n) is 18.8. The predicted octanol–water partition coefficient (Wildman–Crippen LogP) is 12.6. The molecule has 0 unspecified atom stereocenters. The van der Waals surface area contributed by atoms with Gasteiger partial charge in [-0.15, -0.1) is 30.0 Å². The topological polar surface area (TPSA) is 102 Å². The molecular formula is C46H50Cl2N6O2. The molecule has 290 valence electrons. The van der Waals surface area contributed by atoms with Crippen molar-refractivity contribution in [3.05, 3.63) is 106 Å². The molecule has 0 aliphatic carbocycles. The summed E-state index contributed by atoms with van der Waals surface area (Å²) in [4.78, 5) is 3.05. The van der Waals surface area contributed by atoms with Crippen molar-refractivity contribution in [3.63, 3.8) is 0 Å². The predicted molar refractivity (Wildman–Crippen MR) is 230 cm³/mol. The third kappa shape index (κ3) is 7.74. The van der Waals surface area contributed by atoms with Crippen LogP contribution in [0.3, 0.4) is 0 Å². The van der Waals surface area contributed by atoms with Crippen LogP contribution >= 0.6 is 23.2 Å². The zero-order chi connectivity index (χ0) is 40.5. The Kier molecular flexibility index (Phi) is 9.78. The summed E-state index contributed by atoms with van der Waals surface area (Å²) in [5, 5.41) is 43.7. The van der Waals surface area contributed by atoms with Crippen LogP contribution in [0.4, 0.5) is 0 Å². The molecule has 2 aromatic heterocycles. The third-order valence-corrected chi connectivity index (χ3v) is 10.7. The molecule has 0 radical (unpaired) electrons. The fourth-order valence-corrected chi connectivity index (χ4v) is 9.23. The summed E-state index contributed by atoms with van der Waals surface area (Å²) < 4.78 is 0. The highest BCUT2D eigenvalue weighted by Gasteiger charge is 2.34. The Labute approximate surface area is 339 Å². The van der Waals surface area contributed by atoms with Crippen LogP contribution in [-0.4, -0.2) is 40.2 Å². The normalized spacial score (nSPS) is 12.9. The number of phenols is 2. The number of nitrogens with zero attached hydrogens (tertiary/aromatic N) is 6. The van der Waals surface area contributed by atoms with E-state index in [0.717, 1.165) is 46.2 Å². The van der Waals surface area contributed by atoms with Gasteiger partial charge in [-0.1, -0.05) is 129 Å². The van der Waals surface area contributed by atoms with Crippen molar-refractivity contribution in [2.75, 3.05) is 0 Å². The highest BCUT2D eigenvalue weighted by Crippen LogP contribution is 2.48. The van der Waals surface area contributed by atoms with Gasteiger partial charge in [0, 0.05) is 21.2 Å². The second-order valence-corrected chi connectivity index (χ2v) is 19.6. The Morgan fingerprint density at radius 2 is 0.804 bits per heavy atom. The van der Waals surface area contributed by atoms with Crippen LogP contribution in [0, 0.1) is 10.8 Å². The number of halogens is 2. The van der Waals surface area contributed by atoms with Crippen LogP contribution in [0.15, 0.2) is 84.9 Å². The Morgan fingerprint density at radius 3 is 1.14 bits per heavy atom. The van der Waals surface area contributed by atoms with E-state index in [2.05, 4.69) is 93.5 Å². The van der Waals surface area contributed by atoms with Crippen molar-refractivity contribution in [1.82, 2.24) is 30.0 Å².